The fraction of sp³-hybridized carbons (Fsp3) is 0.556. The number of ketones is 2. The van der Waals surface area contributed by atoms with Crippen molar-refractivity contribution >= 4 is 11.6 Å². The number of hydrogen-bond acceptors (Lipinski definition) is 5. The fourth-order valence-corrected chi connectivity index (χ4v) is 3.05. The van der Waals surface area contributed by atoms with Crippen molar-refractivity contribution < 1.29 is 19.1 Å². The molecule has 126 valence electrons. The molecule has 0 spiro atoms. The zero-order valence-corrected chi connectivity index (χ0v) is 14.1. The van der Waals surface area contributed by atoms with Crippen molar-refractivity contribution in [1.82, 2.24) is 5.32 Å². The third-order valence-corrected chi connectivity index (χ3v) is 4.25. The van der Waals surface area contributed by atoms with E-state index in [4.69, 9.17) is 9.47 Å². The summed E-state index contributed by atoms with van der Waals surface area (Å²) in [5, 5.41) is 3.13. The maximum Gasteiger partial charge on any atom is 0.231 e. The third kappa shape index (κ3) is 3.72. The predicted molar refractivity (Wildman–Crippen MR) is 88.1 cm³/mol. The standard InChI is InChI=1S/C18H25NO4/c1-4-6-14(20)11-18(19-3,9-5-2)17(21)13-7-8-15-16(10-13)23-12-22-15/h7-8,10,19H,4-6,9,11-12H2,1-3H3. The Balaban J connectivity index is 2.30. The summed E-state index contributed by atoms with van der Waals surface area (Å²) < 4.78 is 10.6. The van der Waals surface area contributed by atoms with Crippen molar-refractivity contribution in [3.8, 4) is 11.5 Å². The lowest BCUT2D eigenvalue weighted by Gasteiger charge is -2.31. The Morgan fingerprint density at radius 1 is 1.17 bits per heavy atom. The lowest BCUT2D eigenvalue weighted by Crippen LogP contribution is -2.51. The number of carbonyl (C=O) groups is 2. The van der Waals surface area contributed by atoms with Gasteiger partial charge in [0.2, 0.25) is 6.79 Å². The van der Waals surface area contributed by atoms with Crippen LogP contribution in [0.2, 0.25) is 0 Å². The molecule has 1 aromatic carbocycles. The Hall–Kier alpha value is -1.88. The molecule has 0 aromatic heterocycles. The Morgan fingerprint density at radius 2 is 1.91 bits per heavy atom. The van der Waals surface area contributed by atoms with Crippen LogP contribution in [0.25, 0.3) is 0 Å². The van der Waals surface area contributed by atoms with E-state index in [-0.39, 0.29) is 24.8 Å². The van der Waals surface area contributed by atoms with Crippen LogP contribution in [0.4, 0.5) is 0 Å². The second kappa shape index (κ2) is 7.59. The summed E-state index contributed by atoms with van der Waals surface area (Å²) in [5.74, 6) is 1.28. The average molecular weight is 319 g/mol. The Morgan fingerprint density at radius 3 is 2.57 bits per heavy atom. The molecule has 0 fully saturated rings. The van der Waals surface area contributed by atoms with Crippen molar-refractivity contribution in [3.05, 3.63) is 23.8 Å². The van der Waals surface area contributed by atoms with Crippen molar-refractivity contribution in [2.24, 2.45) is 0 Å². The second-order valence-electron chi connectivity index (χ2n) is 5.94. The van der Waals surface area contributed by atoms with Crippen LogP contribution in [0, 0.1) is 0 Å². The fourth-order valence-electron chi connectivity index (χ4n) is 3.05. The molecule has 5 heteroatoms. The molecule has 0 bridgehead atoms. The van der Waals surface area contributed by atoms with Crippen LogP contribution < -0.4 is 14.8 Å². The molecule has 0 saturated heterocycles. The van der Waals surface area contributed by atoms with E-state index < -0.39 is 5.54 Å². The summed E-state index contributed by atoms with van der Waals surface area (Å²) in [6.07, 6.45) is 2.95. The number of rotatable bonds is 9. The molecule has 1 aliphatic rings. The number of Topliss-reactive ketones (excluding diaryl/α,β-unsaturated/α-hetero) is 2. The largest absolute Gasteiger partial charge is 0.454 e. The van der Waals surface area contributed by atoms with Crippen LogP contribution in [0.1, 0.15) is 56.3 Å². The van der Waals surface area contributed by atoms with Gasteiger partial charge in [-0.05, 0) is 38.1 Å². The van der Waals surface area contributed by atoms with E-state index in [2.05, 4.69) is 5.32 Å². The minimum Gasteiger partial charge on any atom is -0.454 e. The van der Waals surface area contributed by atoms with Gasteiger partial charge in [0, 0.05) is 18.4 Å². The summed E-state index contributed by atoms with van der Waals surface area (Å²) in [7, 11) is 1.75. The smallest absolute Gasteiger partial charge is 0.231 e. The second-order valence-corrected chi connectivity index (χ2v) is 5.94. The van der Waals surface area contributed by atoms with Crippen molar-refractivity contribution in [1.29, 1.82) is 0 Å². The first-order valence-electron chi connectivity index (χ1n) is 8.21. The van der Waals surface area contributed by atoms with E-state index in [0.717, 1.165) is 12.8 Å². The Kier molecular flexibility index (Phi) is 5.77. The van der Waals surface area contributed by atoms with E-state index in [9.17, 15) is 9.59 Å². The van der Waals surface area contributed by atoms with Crippen LogP contribution in [0.5, 0.6) is 11.5 Å². The van der Waals surface area contributed by atoms with Gasteiger partial charge in [-0.15, -0.1) is 0 Å². The SMILES string of the molecule is CCCC(=O)CC(CCC)(NC)C(=O)c1ccc2c(c1)OCO2. The third-order valence-electron chi connectivity index (χ3n) is 4.25. The summed E-state index contributed by atoms with van der Waals surface area (Å²) in [5.41, 5.74) is -0.310. The van der Waals surface area contributed by atoms with Gasteiger partial charge in [-0.3, -0.25) is 9.59 Å². The molecule has 1 aromatic rings. The highest BCUT2D eigenvalue weighted by Gasteiger charge is 2.38. The van der Waals surface area contributed by atoms with Gasteiger partial charge in [0.25, 0.3) is 0 Å². The van der Waals surface area contributed by atoms with Crippen LogP contribution in [0.3, 0.4) is 0 Å². The van der Waals surface area contributed by atoms with E-state index in [0.29, 0.717) is 29.9 Å². The molecular weight excluding hydrogens is 294 g/mol. The highest BCUT2D eigenvalue weighted by Crippen LogP contribution is 2.34. The number of nitrogens with one attached hydrogen (secondary N) is 1. The van der Waals surface area contributed by atoms with Crippen molar-refractivity contribution in [3.63, 3.8) is 0 Å². The van der Waals surface area contributed by atoms with E-state index in [1.165, 1.54) is 0 Å². The average Bonchev–Trinajstić information content (AvgIpc) is 3.01. The lowest BCUT2D eigenvalue weighted by molar-refractivity contribution is -0.120. The van der Waals surface area contributed by atoms with Gasteiger partial charge in [-0.25, -0.2) is 0 Å². The number of likely N-dealkylation sites (N-methyl/N-ethyl adjacent to an activating group) is 1. The number of ether oxygens (including phenoxy) is 2. The first-order chi connectivity index (χ1) is 11.1. The monoisotopic (exact) mass is 319 g/mol. The van der Waals surface area contributed by atoms with Crippen LogP contribution in [0.15, 0.2) is 18.2 Å². The molecule has 1 unspecified atom stereocenters. The zero-order valence-electron chi connectivity index (χ0n) is 14.1. The summed E-state index contributed by atoms with van der Waals surface area (Å²) in [6.45, 7) is 4.16. The quantitative estimate of drug-likeness (QED) is 0.709. The van der Waals surface area contributed by atoms with E-state index in [1.807, 2.05) is 13.8 Å². The van der Waals surface area contributed by atoms with Crippen LogP contribution in [-0.2, 0) is 4.79 Å². The van der Waals surface area contributed by atoms with Crippen LogP contribution in [-0.4, -0.2) is 30.9 Å². The topological polar surface area (TPSA) is 64.6 Å². The Bertz CT molecular complexity index is 584. The van der Waals surface area contributed by atoms with Gasteiger partial charge in [-0.1, -0.05) is 20.3 Å². The van der Waals surface area contributed by atoms with Gasteiger partial charge in [0.05, 0.1) is 5.54 Å². The highest BCUT2D eigenvalue weighted by atomic mass is 16.7. The molecule has 1 N–H and O–H groups in total. The minimum absolute atomic E-state index is 0.0652. The maximum absolute atomic E-state index is 13.1. The number of benzene rings is 1. The summed E-state index contributed by atoms with van der Waals surface area (Å²) in [6, 6.07) is 5.19. The van der Waals surface area contributed by atoms with Gasteiger partial charge in [0.15, 0.2) is 17.3 Å². The lowest BCUT2D eigenvalue weighted by atomic mass is 9.80. The molecule has 0 radical (unpaired) electrons. The first kappa shape index (κ1) is 17.5. The van der Waals surface area contributed by atoms with E-state index in [1.54, 1.807) is 25.2 Å². The molecule has 2 rings (SSSR count). The zero-order chi connectivity index (χ0) is 16.9. The van der Waals surface area contributed by atoms with Crippen molar-refractivity contribution in [2.45, 2.75) is 51.5 Å². The molecular formula is C18H25NO4. The van der Waals surface area contributed by atoms with E-state index >= 15 is 0 Å². The van der Waals surface area contributed by atoms with Gasteiger partial charge in [0.1, 0.15) is 5.78 Å². The van der Waals surface area contributed by atoms with Gasteiger partial charge in [-0.2, -0.15) is 0 Å². The van der Waals surface area contributed by atoms with Gasteiger partial charge >= 0.3 is 0 Å². The van der Waals surface area contributed by atoms with Gasteiger partial charge < -0.3 is 14.8 Å². The summed E-state index contributed by atoms with van der Waals surface area (Å²) in [4.78, 5) is 25.3. The normalized spacial score (nSPS) is 15.3. The first-order valence-corrected chi connectivity index (χ1v) is 8.21. The molecule has 23 heavy (non-hydrogen) atoms. The maximum atomic E-state index is 13.1. The Labute approximate surface area is 137 Å². The van der Waals surface area contributed by atoms with Crippen LogP contribution >= 0.6 is 0 Å². The predicted octanol–water partition coefficient (Wildman–Crippen LogP) is 3.12. The highest BCUT2D eigenvalue weighted by molar-refractivity contribution is 6.06. The minimum atomic E-state index is -0.852. The summed E-state index contributed by atoms with van der Waals surface area (Å²) >= 11 is 0. The number of fused-ring (bicyclic) bond motifs is 1. The van der Waals surface area contributed by atoms with Crippen molar-refractivity contribution in [2.75, 3.05) is 13.8 Å². The molecule has 1 atom stereocenters. The molecule has 0 saturated carbocycles. The molecule has 5 nitrogen and oxygen atoms in total. The molecule has 0 amide bonds. The molecule has 1 heterocycles. The number of hydrogen-bond donors (Lipinski definition) is 1. The number of carbonyl (C=O) groups excluding carboxylic acids is 2. The molecule has 1 aliphatic heterocycles. The molecule has 0 aliphatic carbocycles.